The molecule has 0 aliphatic heterocycles. The van der Waals surface area contributed by atoms with Crippen LogP contribution in [-0.2, 0) is 0 Å². The van der Waals surface area contributed by atoms with Crippen molar-refractivity contribution >= 4 is 28.8 Å². The second-order valence-corrected chi connectivity index (χ2v) is 8.51. The van der Waals surface area contributed by atoms with E-state index in [2.05, 4.69) is 51.3 Å². The molecule has 1 atom stereocenters. The zero-order valence-electron chi connectivity index (χ0n) is 16.4. The van der Waals surface area contributed by atoms with Gasteiger partial charge in [0.15, 0.2) is 0 Å². The Morgan fingerprint density at radius 2 is 1.72 bits per heavy atom. The molecule has 3 aromatic heterocycles. The van der Waals surface area contributed by atoms with E-state index in [1.807, 2.05) is 36.6 Å². The molecule has 0 N–H and O–H groups in total. The molecule has 7 nitrogen and oxygen atoms in total. The molecule has 0 bridgehead atoms. The Hall–Kier alpha value is -2.65. The summed E-state index contributed by atoms with van der Waals surface area (Å²) < 4.78 is 11.6. The van der Waals surface area contributed by atoms with Gasteiger partial charge in [-0.25, -0.2) is 0 Å². The Balaban J connectivity index is 1.44. The average Bonchev–Trinajstić information content (AvgIpc) is 3.50. The summed E-state index contributed by atoms with van der Waals surface area (Å²) in [6.07, 6.45) is 0. The van der Waals surface area contributed by atoms with Crippen LogP contribution in [0, 0.1) is 0 Å². The third kappa shape index (κ3) is 4.35. The molecule has 0 aliphatic rings. The highest BCUT2D eigenvalue weighted by molar-refractivity contribution is 7.99. The van der Waals surface area contributed by atoms with Gasteiger partial charge in [0.05, 0.1) is 10.1 Å². The molecule has 1 unspecified atom stereocenters. The third-order valence-corrected chi connectivity index (χ3v) is 6.23. The van der Waals surface area contributed by atoms with Gasteiger partial charge in [0.1, 0.15) is 0 Å². The van der Waals surface area contributed by atoms with Crippen LogP contribution in [0.25, 0.3) is 22.2 Å². The Labute approximate surface area is 177 Å². The molecule has 3 heterocycles. The van der Waals surface area contributed by atoms with Crippen LogP contribution in [0.3, 0.4) is 0 Å². The van der Waals surface area contributed by atoms with Crippen molar-refractivity contribution in [2.45, 2.75) is 31.2 Å². The number of thiophene rings is 1. The Morgan fingerprint density at radius 3 is 2.41 bits per heavy atom. The molecule has 0 saturated carbocycles. The first-order chi connectivity index (χ1) is 14.2. The number of hydrogen-bond acceptors (Lipinski definition) is 9. The standard InChI is InChI=1S/C20H21N5O2S2/c1-4-25(5-2)15-10-8-14(9-11-15)18-22-24-20(27-18)29-13(3)17-21-23-19(26-17)16-7-6-12-28-16/h6-13H,4-5H2,1-3H3. The van der Waals surface area contributed by atoms with Crippen molar-refractivity contribution in [1.82, 2.24) is 20.4 Å². The first kappa shape index (κ1) is 19.7. The highest BCUT2D eigenvalue weighted by Crippen LogP contribution is 2.36. The molecule has 0 fully saturated rings. The predicted molar refractivity (Wildman–Crippen MR) is 115 cm³/mol. The first-order valence-corrected chi connectivity index (χ1v) is 11.2. The van der Waals surface area contributed by atoms with Crippen LogP contribution in [0.5, 0.6) is 0 Å². The summed E-state index contributed by atoms with van der Waals surface area (Å²) in [6, 6.07) is 12.1. The lowest BCUT2D eigenvalue weighted by molar-refractivity contribution is 0.461. The van der Waals surface area contributed by atoms with Gasteiger partial charge in [0, 0.05) is 24.3 Å². The van der Waals surface area contributed by atoms with Crippen LogP contribution in [0.1, 0.15) is 31.9 Å². The number of thioether (sulfide) groups is 1. The predicted octanol–water partition coefficient (Wildman–Crippen LogP) is 5.55. The highest BCUT2D eigenvalue weighted by atomic mass is 32.2. The van der Waals surface area contributed by atoms with Gasteiger partial charge in [-0.05, 0) is 56.5 Å². The van der Waals surface area contributed by atoms with Crippen molar-refractivity contribution in [3.63, 3.8) is 0 Å². The summed E-state index contributed by atoms with van der Waals surface area (Å²) in [6.45, 7) is 8.21. The molecule has 4 rings (SSSR count). The van der Waals surface area contributed by atoms with Crippen molar-refractivity contribution < 1.29 is 8.83 Å². The summed E-state index contributed by atoms with van der Waals surface area (Å²) in [5.41, 5.74) is 2.07. The topological polar surface area (TPSA) is 81.1 Å². The zero-order valence-corrected chi connectivity index (χ0v) is 18.0. The Kier molecular flexibility index (Phi) is 5.96. The van der Waals surface area contributed by atoms with Gasteiger partial charge >= 0.3 is 0 Å². The van der Waals surface area contributed by atoms with E-state index in [0.29, 0.717) is 22.9 Å². The second kappa shape index (κ2) is 8.79. The number of aromatic nitrogens is 4. The first-order valence-electron chi connectivity index (χ1n) is 9.40. The summed E-state index contributed by atoms with van der Waals surface area (Å²) in [7, 11) is 0. The van der Waals surface area contributed by atoms with Crippen LogP contribution >= 0.6 is 23.1 Å². The SMILES string of the molecule is CCN(CC)c1ccc(-c2nnc(SC(C)c3nnc(-c4cccs4)o3)o2)cc1. The van der Waals surface area contributed by atoms with E-state index in [4.69, 9.17) is 8.83 Å². The smallest absolute Gasteiger partial charge is 0.277 e. The van der Waals surface area contributed by atoms with Crippen molar-refractivity contribution in [3.05, 3.63) is 47.7 Å². The average molecular weight is 428 g/mol. The maximum absolute atomic E-state index is 5.83. The quantitative estimate of drug-likeness (QED) is 0.339. The highest BCUT2D eigenvalue weighted by Gasteiger charge is 2.20. The summed E-state index contributed by atoms with van der Waals surface area (Å²) in [5, 5.41) is 18.9. The Bertz CT molecular complexity index is 1040. The van der Waals surface area contributed by atoms with Crippen LogP contribution in [-0.4, -0.2) is 33.5 Å². The lowest BCUT2D eigenvalue weighted by Crippen LogP contribution is -2.21. The number of hydrogen-bond donors (Lipinski definition) is 0. The minimum Gasteiger partial charge on any atom is -0.419 e. The van der Waals surface area contributed by atoms with Gasteiger partial charge in [-0.1, -0.05) is 17.8 Å². The van der Waals surface area contributed by atoms with E-state index >= 15 is 0 Å². The summed E-state index contributed by atoms with van der Waals surface area (Å²) in [4.78, 5) is 3.24. The van der Waals surface area contributed by atoms with E-state index in [1.165, 1.54) is 17.4 Å². The van der Waals surface area contributed by atoms with Gasteiger partial charge in [0.25, 0.3) is 11.1 Å². The number of anilines is 1. The van der Waals surface area contributed by atoms with Gasteiger partial charge in [0.2, 0.25) is 11.8 Å². The third-order valence-electron chi connectivity index (χ3n) is 4.45. The van der Waals surface area contributed by atoms with Crippen molar-refractivity contribution in [1.29, 1.82) is 0 Å². The van der Waals surface area contributed by atoms with Gasteiger partial charge in [-0.15, -0.1) is 31.7 Å². The fourth-order valence-electron chi connectivity index (χ4n) is 2.88. The maximum atomic E-state index is 5.83. The molecule has 29 heavy (non-hydrogen) atoms. The summed E-state index contributed by atoms with van der Waals surface area (Å²) >= 11 is 2.96. The minimum atomic E-state index is -0.102. The molecule has 4 aromatic rings. The van der Waals surface area contributed by atoms with Gasteiger partial charge < -0.3 is 13.7 Å². The van der Waals surface area contributed by atoms with Crippen molar-refractivity contribution in [2.75, 3.05) is 18.0 Å². The van der Waals surface area contributed by atoms with Gasteiger partial charge in [-0.3, -0.25) is 0 Å². The van der Waals surface area contributed by atoms with Crippen LogP contribution in [0.2, 0.25) is 0 Å². The zero-order chi connectivity index (χ0) is 20.2. The Morgan fingerprint density at radius 1 is 0.966 bits per heavy atom. The van der Waals surface area contributed by atoms with Crippen molar-refractivity contribution in [2.24, 2.45) is 0 Å². The van der Waals surface area contributed by atoms with Gasteiger partial charge in [-0.2, -0.15) is 0 Å². The van der Waals surface area contributed by atoms with Crippen LogP contribution in [0.4, 0.5) is 5.69 Å². The molecule has 1 aromatic carbocycles. The molecule has 150 valence electrons. The summed E-state index contributed by atoms with van der Waals surface area (Å²) in [5.74, 6) is 1.55. The molecule has 0 radical (unpaired) electrons. The second-order valence-electron chi connectivity index (χ2n) is 6.28. The molecule has 0 amide bonds. The lowest BCUT2D eigenvalue weighted by Gasteiger charge is -2.20. The number of nitrogens with zero attached hydrogens (tertiary/aromatic N) is 5. The number of rotatable bonds is 8. The van der Waals surface area contributed by atoms with E-state index in [-0.39, 0.29) is 5.25 Å². The largest absolute Gasteiger partial charge is 0.419 e. The van der Waals surface area contributed by atoms with E-state index in [9.17, 15) is 0 Å². The maximum Gasteiger partial charge on any atom is 0.277 e. The van der Waals surface area contributed by atoms with Crippen molar-refractivity contribution in [3.8, 4) is 22.2 Å². The molecule has 0 saturated heterocycles. The van der Waals surface area contributed by atoms with Crippen LogP contribution < -0.4 is 4.90 Å². The monoisotopic (exact) mass is 427 g/mol. The molecule has 9 heteroatoms. The fourth-order valence-corrected chi connectivity index (χ4v) is 4.24. The van der Waals surface area contributed by atoms with Crippen LogP contribution in [0.15, 0.2) is 55.8 Å². The van der Waals surface area contributed by atoms with E-state index in [0.717, 1.165) is 23.5 Å². The number of benzene rings is 1. The minimum absolute atomic E-state index is 0.102. The molecular weight excluding hydrogens is 406 g/mol. The molecular formula is C20H21N5O2S2. The molecule has 0 aliphatic carbocycles. The fraction of sp³-hybridized carbons (Fsp3) is 0.300. The molecule has 0 spiro atoms. The van der Waals surface area contributed by atoms with E-state index in [1.54, 1.807) is 11.3 Å². The lowest BCUT2D eigenvalue weighted by atomic mass is 10.2. The van der Waals surface area contributed by atoms with E-state index < -0.39 is 0 Å². The normalized spacial score (nSPS) is 12.2.